The molecule has 2 heterocycles. The van der Waals surface area contributed by atoms with Crippen molar-refractivity contribution in [2.45, 2.75) is 95.3 Å². The Bertz CT molecular complexity index is 975. The number of aliphatic hydroxyl groups excluding tert-OH is 1. The highest BCUT2D eigenvalue weighted by atomic mass is 16.5. The summed E-state index contributed by atoms with van der Waals surface area (Å²) in [5.41, 5.74) is 0.272. The fraction of sp³-hybridized carbons (Fsp3) is 0.828. The summed E-state index contributed by atoms with van der Waals surface area (Å²) < 4.78 is 10.9. The molecule has 6 rings (SSSR count). The van der Waals surface area contributed by atoms with Crippen LogP contribution in [-0.2, 0) is 4.74 Å². The Labute approximate surface area is 209 Å². The van der Waals surface area contributed by atoms with Gasteiger partial charge in [-0.1, -0.05) is 13.8 Å². The number of nitrogens with zero attached hydrogens (tertiary/aromatic N) is 1. The molecule has 6 heteroatoms. The summed E-state index contributed by atoms with van der Waals surface area (Å²) in [5.74, 6) is 1.91. The number of rotatable bonds is 3. The van der Waals surface area contributed by atoms with Gasteiger partial charge in [-0.3, -0.25) is 4.90 Å². The molecule has 9 atom stereocenters. The molecule has 1 aromatic heterocycles. The van der Waals surface area contributed by atoms with Gasteiger partial charge in [-0.25, -0.2) is 4.79 Å². The highest BCUT2D eigenvalue weighted by molar-refractivity contribution is 5.27. The Morgan fingerprint density at radius 1 is 1.06 bits per heavy atom. The lowest BCUT2D eigenvalue weighted by Crippen LogP contribution is -2.62. The Kier molecular flexibility index (Phi) is 5.99. The van der Waals surface area contributed by atoms with Gasteiger partial charge in [0.15, 0.2) is 0 Å². The molecule has 0 aromatic carbocycles. The molecule has 1 unspecified atom stereocenters. The molecule has 1 aromatic rings. The molecule has 6 nitrogen and oxygen atoms in total. The number of hydrogen-bond acceptors (Lipinski definition) is 6. The van der Waals surface area contributed by atoms with Crippen molar-refractivity contribution in [2.75, 3.05) is 26.3 Å². The second-order valence-electron chi connectivity index (χ2n) is 13.0. The normalized spacial score (nSPS) is 48.1. The summed E-state index contributed by atoms with van der Waals surface area (Å²) in [6.45, 7) is 7.54. The van der Waals surface area contributed by atoms with E-state index in [2.05, 4.69) is 18.7 Å². The minimum Gasteiger partial charge on any atom is -0.431 e. The molecular formula is C29H43NO5. The SMILES string of the molecule is C[C@]12CC[C@H](N3CCOC(CO)C3)C[C@H]1CC[C@@H]1[C@@H]2CC[C@]2(C)[C@@H](c3ccc(=O)oc3)CC[C@]12O. The first kappa shape index (κ1) is 24.1. The second-order valence-corrected chi connectivity index (χ2v) is 13.0. The first-order valence-electron chi connectivity index (χ1n) is 14.1. The van der Waals surface area contributed by atoms with Crippen LogP contribution in [0.25, 0.3) is 0 Å². The van der Waals surface area contributed by atoms with Gasteiger partial charge in [0.25, 0.3) is 0 Å². The van der Waals surface area contributed by atoms with Gasteiger partial charge >= 0.3 is 5.63 Å². The van der Waals surface area contributed by atoms with Crippen LogP contribution in [0.3, 0.4) is 0 Å². The summed E-state index contributed by atoms with van der Waals surface area (Å²) in [4.78, 5) is 14.1. The fourth-order valence-electron chi connectivity index (χ4n) is 9.82. The molecular weight excluding hydrogens is 442 g/mol. The highest BCUT2D eigenvalue weighted by Crippen LogP contribution is 2.70. The van der Waals surface area contributed by atoms with Gasteiger partial charge < -0.3 is 19.4 Å². The van der Waals surface area contributed by atoms with E-state index >= 15 is 0 Å². The van der Waals surface area contributed by atoms with Crippen LogP contribution in [-0.4, -0.2) is 59.2 Å². The van der Waals surface area contributed by atoms with Crippen molar-refractivity contribution in [1.82, 2.24) is 4.90 Å². The summed E-state index contributed by atoms with van der Waals surface area (Å²) >= 11 is 0. The number of ether oxygens (including phenoxy) is 1. The van der Waals surface area contributed by atoms with Gasteiger partial charge in [-0.15, -0.1) is 0 Å². The number of aliphatic hydroxyl groups is 2. The zero-order chi connectivity index (χ0) is 24.4. The van der Waals surface area contributed by atoms with Crippen LogP contribution in [0.5, 0.6) is 0 Å². The standard InChI is InChI=1S/C29H43NO5/c1-27-10-7-21(30-13-14-34-22(16-30)17-31)15-20(27)4-5-25-24(27)8-11-28(2)23(9-12-29(25,28)33)19-3-6-26(32)35-18-19/h3,6,18,20-25,31,33H,4-5,7-17H2,1-2H3/t20-,21+,22?,23-,24+,25-,27+,28-,29+/m1/s1. The highest BCUT2D eigenvalue weighted by Gasteiger charge is 2.67. The molecule has 0 spiro atoms. The minimum absolute atomic E-state index is 0.0361. The molecule has 4 saturated carbocycles. The zero-order valence-electron chi connectivity index (χ0n) is 21.5. The van der Waals surface area contributed by atoms with Gasteiger partial charge in [-0.2, -0.15) is 0 Å². The van der Waals surface area contributed by atoms with Crippen LogP contribution >= 0.6 is 0 Å². The third-order valence-electron chi connectivity index (χ3n) is 11.8. The number of fused-ring (bicyclic) bond motifs is 5. The molecule has 2 N–H and O–H groups in total. The molecule has 4 aliphatic carbocycles. The average molecular weight is 486 g/mol. The van der Waals surface area contributed by atoms with Crippen molar-refractivity contribution >= 4 is 0 Å². The van der Waals surface area contributed by atoms with E-state index in [1.165, 1.54) is 38.2 Å². The van der Waals surface area contributed by atoms with Crippen LogP contribution < -0.4 is 5.63 Å². The molecule has 0 bridgehead atoms. The number of hydrogen-bond donors (Lipinski definition) is 2. The molecule has 1 aliphatic heterocycles. The van der Waals surface area contributed by atoms with Crippen LogP contribution in [0.2, 0.25) is 0 Å². The third kappa shape index (κ3) is 3.61. The van der Waals surface area contributed by atoms with E-state index in [9.17, 15) is 15.0 Å². The minimum atomic E-state index is -0.639. The molecule has 0 amide bonds. The van der Waals surface area contributed by atoms with Crippen LogP contribution in [0.15, 0.2) is 27.6 Å². The molecule has 0 radical (unpaired) electrons. The van der Waals surface area contributed by atoms with E-state index < -0.39 is 5.60 Å². The van der Waals surface area contributed by atoms with E-state index in [0.29, 0.717) is 29.2 Å². The van der Waals surface area contributed by atoms with E-state index in [-0.39, 0.29) is 29.7 Å². The predicted octanol–water partition coefficient (Wildman–Crippen LogP) is 3.94. The number of morpholine rings is 1. The summed E-state index contributed by atoms with van der Waals surface area (Å²) in [6, 6.07) is 4.05. The maximum atomic E-state index is 12.4. The predicted molar refractivity (Wildman–Crippen MR) is 133 cm³/mol. The molecule has 5 aliphatic rings. The maximum Gasteiger partial charge on any atom is 0.335 e. The fourth-order valence-corrected chi connectivity index (χ4v) is 9.82. The van der Waals surface area contributed by atoms with Crippen molar-refractivity contribution in [3.63, 3.8) is 0 Å². The topological polar surface area (TPSA) is 83.1 Å². The second kappa shape index (κ2) is 8.68. The van der Waals surface area contributed by atoms with E-state index in [1.54, 1.807) is 6.26 Å². The molecule has 5 fully saturated rings. The van der Waals surface area contributed by atoms with E-state index in [0.717, 1.165) is 50.9 Å². The van der Waals surface area contributed by atoms with Gasteiger partial charge in [0.1, 0.15) is 0 Å². The Morgan fingerprint density at radius 3 is 2.69 bits per heavy atom. The zero-order valence-corrected chi connectivity index (χ0v) is 21.5. The van der Waals surface area contributed by atoms with Gasteiger partial charge in [0.05, 0.1) is 31.2 Å². The first-order chi connectivity index (χ1) is 16.8. The molecule has 1 saturated heterocycles. The van der Waals surface area contributed by atoms with Crippen LogP contribution in [0.4, 0.5) is 0 Å². The third-order valence-corrected chi connectivity index (χ3v) is 11.8. The van der Waals surface area contributed by atoms with E-state index in [1.807, 2.05) is 6.07 Å². The van der Waals surface area contributed by atoms with Crippen LogP contribution in [0, 0.1) is 28.6 Å². The Hall–Kier alpha value is -1.21. The van der Waals surface area contributed by atoms with Gasteiger partial charge in [0, 0.05) is 30.6 Å². The average Bonchev–Trinajstić information content (AvgIpc) is 3.15. The summed E-state index contributed by atoms with van der Waals surface area (Å²) in [7, 11) is 0. The quantitative estimate of drug-likeness (QED) is 0.675. The largest absolute Gasteiger partial charge is 0.431 e. The van der Waals surface area contributed by atoms with E-state index in [4.69, 9.17) is 9.15 Å². The lowest BCUT2D eigenvalue weighted by molar-refractivity contribution is -0.205. The van der Waals surface area contributed by atoms with Gasteiger partial charge in [-0.05, 0) is 98.5 Å². The lowest BCUT2D eigenvalue weighted by Gasteiger charge is -2.64. The summed E-state index contributed by atoms with van der Waals surface area (Å²) in [5, 5.41) is 22.0. The van der Waals surface area contributed by atoms with Gasteiger partial charge in [0.2, 0.25) is 0 Å². The molecule has 35 heavy (non-hydrogen) atoms. The van der Waals surface area contributed by atoms with Crippen molar-refractivity contribution in [1.29, 1.82) is 0 Å². The maximum absolute atomic E-state index is 12.4. The van der Waals surface area contributed by atoms with Crippen molar-refractivity contribution < 1.29 is 19.4 Å². The Balaban J connectivity index is 1.21. The smallest absolute Gasteiger partial charge is 0.335 e. The monoisotopic (exact) mass is 485 g/mol. The Morgan fingerprint density at radius 2 is 1.91 bits per heavy atom. The van der Waals surface area contributed by atoms with Crippen LogP contribution in [0.1, 0.15) is 83.1 Å². The molecule has 194 valence electrons. The lowest BCUT2D eigenvalue weighted by atomic mass is 9.43. The first-order valence-corrected chi connectivity index (χ1v) is 14.1. The van der Waals surface area contributed by atoms with Crippen molar-refractivity contribution in [2.24, 2.45) is 28.6 Å². The summed E-state index contributed by atoms with van der Waals surface area (Å²) in [6.07, 6.45) is 11.7. The van der Waals surface area contributed by atoms with Crippen molar-refractivity contribution in [3.8, 4) is 0 Å². The van der Waals surface area contributed by atoms with Crippen molar-refractivity contribution in [3.05, 3.63) is 34.4 Å².